The van der Waals surface area contributed by atoms with Crippen LogP contribution >= 0.6 is 0 Å². The van der Waals surface area contributed by atoms with Crippen LogP contribution in [0.25, 0.3) is 0 Å². The summed E-state index contributed by atoms with van der Waals surface area (Å²) in [5.74, 6) is -0.474. The number of hydrogen-bond donors (Lipinski definition) is 3. The number of aliphatic hydroxyl groups is 2. The molecule has 3 unspecified atom stereocenters. The summed E-state index contributed by atoms with van der Waals surface area (Å²) in [4.78, 5) is 26.1. The van der Waals surface area contributed by atoms with Gasteiger partial charge in [-0.25, -0.2) is 0 Å². The number of carbonyl (C=O) groups excluding carboxylic acids is 2. The first-order chi connectivity index (χ1) is 29.5. The maximum absolute atomic E-state index is 13.2. The molecule has 6 nitrogen and oxygen atoms in total. The van der Waals surface area contributed by atoms with Crippen LogP contribution in [0.2, 0.25) is 0 Å². The van der Waals surface area contributed by atoms with Gasteiger partial charge in [-0.2, -0.15) is 0 Å². The van der Waals surface area contributed by atoms with Crippen molar-refractivity contribution in [2.75, 3.05) is 6.61 Å². The Morgan fingerprint density at radius 3 is 1.30 bits per heavy atom. The van der Waals surface area contributed by atoms with Crippen molar-refractivity contribution in [1.29, 1.82) is 0 Å². The zero-order valence-corrected chi connectivity index (χ0v) is 40.4. The summed E-state index contributed by atoms with van der Waals surface area (Å²) in [5.41, 5.74) is 0. The SMILES string of the molecule is CCCCC/C=C\C/C=C\CCCCCCCC(CC(=O)NC(CO)C(O)CCCCCCCCCCCCCCCCC)OC(=O)CCCCCCCCCCCCC. The Balaban J connectivity index is 4.54. The van der Waals surface area contributed by atoms with Gasteiger partial charge in [-0.1, -0.05) is 238 Å². The molecule has 3 atom stereocenters. The summed E-state index contributed by atoms with van der Waals surface area (Å²) in [6, 6.07) is -0.701. The van der Waals surface area contributed by atoms with Crippen LogP contribution in [0.5, 0.6) is 0 Å². The normalized spacial score (nSPS) is 13.3. The first-order valence-electron chi connectivity index (χ1n) is 26.6. The Labute approximate surface area is 373 Å². The standard InChI is InChI=1S/C54H103NO5/c1-4-7-10-13-16-19-22-24-26-28-31-33-36-39-42-45-50(60-54(59)47-44-41-38-35-30-21-18-15-12-9-6-3)48-53(58)55-51(49-56)52(57)46-43-40-37-34-32-29-27-25-23-20-17-14-11-8-5-2/h16,19,24,26,50-52,56-57H,4-15,17-18,20-23,25,27-49H2,1-3H3,(H,55,58)/b19-16-,26-24-. The lowest BCUT2D eigenvalue weighted by Crippen LogP contribution is -2.46. The van der Waals surface area contributed by atoms with Crippen LogP contribution in [0.15, 0.2) is 24.3 Å². The van der Waals surface area contributed by atoms with E-state index in [1.54, 1.807) is 0 Å². The van der Waals surface area contributed by atoms with E-state index in [4.69, 9.17) is 4.74 Å². The summed E-state index contributed by atoms with van der Waals surface area (Å²) >= 11 is 0. The van der Waals surface area contributed by atoms with E-state index in [2.05, 4.69) is 50.4 Å². The highest BCUT2D eigenvalue weighted by molar-refractivity contribution is 5.77. The first-order valence-corrected chi connectivity index (χ1v) is 26.6. The summed E-state index contributed by atoms with van der Waals surface area (Å²) < 4.78 is 5.93. The maximum Gasteiger partial charge on any atom is 0.306 e. The van der Waals surface area contributed by atoms with Gasteiger partial charge in [0.2, 0.25) is 5.91 Å². The second-order valence-electron chi connectivity index (χ2n) is 18.3. The third-order valence-electron chi connectivity index (χ3n) is 12.3. The highest BCUT2D eigenvalue weighted by atomic mass is 16.5. The van der Waals surface area contributed by atoms with Gasteiger partial charge in [-0.05, 0) is 57.8 Å². The minimum Gasteiger partial charge on any atom is -0.462 e. The molecular weight excluding hydrogens is 743 g/mol. The van der Waals surface area contributed by atoms with Gasteiger partial charge < -0.3 is 20.3 Å². The largest absolute Gasteiger partial charge is 0.462 e. The molecule has 0 bridgehead atoms. The zero-order chi connectivity index (χ0) is 43.8. The molecule has 0 aromatic carbocycles. The molecule has 0 aliphatic rings. The van der Waals surface area contributed by atoms with Crippen LogP contribution in [-0.4, -0.2) is 46.9 Å². The van der Waals surface area contributed by atoms with Crippen molar-refractivity contribution >= 4 is 11.9 Å². The maximum atomic E-state index is 13.2. The average molecular weight is 846 g/mol. The van der Waals surface area contributed by atoms with Gasteiger partial charge in [-0.15, -0.1) is 0 Å². The van der Waals surface area contributed by atoms with Crippen LogP contribution < -0.4 is 5.32 Å². The van der Waals surface area contributed by atoms with Crippen LogP contribution in [-0.2, 0) is 14.3 Å². The highest BCUT2D eigenvalue weighted by Crippen LogP contribution is 2.18. The number of amides is 1. The number of rotatable bonds is 48. The van der Waals surface area contributed by atoms with Gasteiger partial charge in [0.05, 0.1) is 25.2 Å². The number of allylic oxidation sites excluding steroid dienone is 4. The lowest BCUT2D eigenvalue weighted by molar-refractivity contribution is -0.151. The molecule has 0 rings (SSSR count). The van der Waals surface area contributed by atoms with E-state index in [0.29, 0.717) is 19.3 Å². The molecule has 0 aliphatic heterocycles. The summed E-state index contributed by atoms with van der Waals surface area (Å²) in [6.07, 6.45) is 55.2. The van der Waals surface area contributed by atoms with E-state index in [0.717, 1.165) is 64.2 Å². The molecule has 0 fully saturated rings. The zero-order valence-electron chi connectivity index (χ0n) is 40.4. The van der Waals surface area contributed by atoms with Crippen molar-refractivity contribution < 1.29 is 24.5 Å². The Morgan fingerprint density at radius 1 is 0.483 bits per heavy atom. The van der Waals surface area contributed by atoms with Crippen molar-refractivity contribution in [2.45, 2.75) is 302 Å². The molecule has 0 saturated carbocycles. The van der Waals surface area contributed by atoms with Gasteiger partial charge in [0.25, 0.3) is 0 Å². The van der Waals surface area contributed by atoms with E-state index in [1.807, 2.05) is 0 Å². The third-order valence-corrected chi connectivity index (χ3v) is 12.3. The van der Waals surface area contributed by atoms with Crippen molar-refractivity contribution in [2.24, 2.45) is 0 Å². The molecule has 0 heterocycles. The van der Waals surface area contributed by atoms with Gasteiger partial charge in [-0.3, -0.25) is 9.59 Å². The predicted octanol–water partition coefficient (Wildman–Crippen LogP) is 15.9. The van der Waals surface area contributed by atoms with E-state index < -0.39 is 18.2 Å². The lowest BCUT2D eigenvalue weighted by Gasteiger charge is -2.24. The fourth-order valence-electron chi connectivity index (χ4n) is 8.23. The van der Waals surface area contributed by atoms with Crippen molar-refractivity contribution in [3.8, 4) is 0 Å². The first kappa shape index (κ1) is 58.3. The number of carbonyl (C=O) groups is 2. The molecule has 0 saturated heterocycles. The van der Waals surface area contributed by atoms with Gasteiger partial charge >= 0.3 is 5.97 Å². The minimum absolute atomic E-state index is 0.0734. The van der Waals surface area contributed by atoms with E-state index in [9.17, 15) is 19.8 Å². The Hall–Kier alpha value is -1.66. The minimum atomic E-state index is -0.787. The molecule has 3 N–H and O–H groups in total. The average Bonchev–Trinajstić information content (AvgIpc) is 3.24. The quantitative estimate of drug-likeness (QED) is 0.0322. The molecular formula is C54H103NO5. The molecule has 60 heavy (non-hydrogen) atoms. The third kappa shape index (κ3) is 43.0. The summed E-state index contributed by atoms with van der Waals surface area (Å²) in [6.45, 7) is 6.47. The smallest absolute Gasteiger partial charge is 0.306 e. The molecule has 0 aliphatic carbocycles. The molecule has 0 aromatic heterocycles. The second-order valence-corrected chi connectivity index (χ2v) is 18.3. The fourth-order valence-corrected chi connectivity index (χ4v) is 8.23. The van der Waals surface area contributed by atoms with E-state index in [-0.39, 0.29) is 24.9 Å². The lowest BCUT2D eigenvalue weighted by atomic mass is 10.0. The van der Waals surface area contributed by atoms with Crippen LogP contribution in [0.3, 0.4) is 0 Å². The molecule has 0 spiro atoms. The Bertz CT molecular complexity index is 950. The Morgan fingerprint density at radius 2 is 0.850 bits per heavy atom. The number of nitrogens with one attached hydrogen (secondary N) is 1. The van der Waals surface area contributed by atoms with Crippen LogP contribution in [0.4, 0.5) is 0 Å². The monoisotopic (exact) mass is 846 g/mol. The highest BCUT2D eigenvalue weighted by Gasteiger charge is 2.24. The van der Waals surface area contributed by atoms with Crippen LogP contribution in [0.1, 0.15) is 284 Å². The number of aliphatic hydroxyl groups excluding tert-OH is 2. The molecule has 0 aromatic rings. The molecule has 0 radical (unpaired) electrons. The number of ether oxygens (including phenoxy) is 1. The fraction of sp³-hybridized carbons (Fsp3) is 0.889. The van der Waals surface area contributed by atoms with Gasteiger partial charge in [0.1, 0.15) is 6.10 Å². The van der Waals surface area contributed by atoms with Crippen LogP contribution in [0, 0.1) is 0 Å². The topological polar surface area (TPSA) is 95.9 Å². The predicted molar refractivity (Wildman–Crippen MR) is 260 cm³/mol. The number of unbranched alkanes of at least 4 members (excludes halogenated alkanes) is 32. The number of hydrogen-bond acceptors (Lipinski definition) is 5. The molecule has 1 amide bonds. The van der Waals surface area contributed by atoms with Crippen molar-refractivity contribution in [3.63, 3.8) is 0 Å². The van der Waals surface area contributed by atoms with Crippen molar-refractivity contribution in [1.82, 2.24) is 5.32 Å². The van der Waals surface area contributed by atoms with E-state index >= 15 is 0 Å². The van der Waals surface area contributed by atoms with Gasteiger partial charge in [0, 0.05) is 6.42 Å². The van der Waals surface area contributed by atoms with Gasteiger partial charge in [0.15, 0.2) is 0 Å². The second kappa shape index (κ2) is 48.4. The van der Waals surface area contributed by atoms with Crippen molar-refractivity contribution in [3.05, 3.63) is 24.3 Å². The Kier molecular flexibility index (Phi) is 47.0. The summed E-state index contributed by atoms with van der Waals surface area (Å²) in [5, 5.41) is 23.8. The molecule has 354 valence electrons. The summed E-state index contributed by atoms with van der Waals surface area (Å²) in [7, 11) is 0. The number of esters is 1. The van der Waals surface area contributed by atoms with E-state index in [1.165, 1.54) is 173 Å². The molecule has 6 heteroatoms.